The zero-order valence-electron chi connectivity index (χ0n) is 13.9. The van der Waals surface area contributed by atoms with E-state index in [1.165, 1.54) is 24.4 Å². The van der Waals surface area contributed by atoms with Crippen molar-refractivity contribution in [3.63, 3.8) is 0 Å². The molecule has 0 spiro atoms. The minimum atomic E-state index is -1.31. The Bertz CT molecular complexity index is 845. The van der Waals surface area contributed by atoms with Crippen LogP contribution in [0.1, 0.15) is 21.8 Å². The molecule has 2 aromatic rings. The van der Waals surface area contributed by atoms with E-state index in [2.05, 4.69) is 4.98 Å². The van der Waals surface area contributed by atoms with Crippen molar-refractivity contribution >= 4 is 11.9 Å². The molecule has 8 heteroatoms. The lowest BCUT2D eigenvalue weighted by molar-refractivity contribution is -0.141. The Balaban J connectivity index is 1.95. The van der Waals surface area contributed by atoms with Crippen molar-refractivity contribution in [2.75, 3.05) is 20.2 Å². The van der Waals surface area contributed by atoms with Crippen LogP contribution in [0.5, 0.6) is 5.75 Å². The fourth-order valence-electron chi connectivity index (χ4n) is 3.23. The minimum Gasteiger partial charge on any atom is -0.496 e. The van der Waals surface area contributed by atoms with E-state index in [-0.39, 0.29) is 18.8 Å². The van der Waals surface area contributed by atoms with E-state index < -0.39 is 40.9 Å². The second-order valence-corrected chi connectivity index (χ2v) is 5.98. The van der Waals surface area contributed by atoms with E-state index in [4.69, 9.17) is 4.74 Å². The number of likely N-dealkylation sites (tertiary alicyclic amines) is 1. The van der Waals surface area contributed by atoms with Gasteiger partial charge in [0.1, 0.15) is 11.3 Å². The first kappa shape index (κ1) is 17.8. The molecule has 1 aliphatic heterocycles. The molecule has 26 heavy (non-hydrogen) atoms. The molecule has 2 heterocycles. The standard InChI is InChI=1S/C18H16F2N2O4/c1-26-14-3-2-13(19)16(20)15(14)17(23)22-8-11(12(9-22)18(24)25)10-4-6-21-7-5-10/h2-7,11-12H,8-9H2,1H3,(H,24,25)/t11-,12+/m1/s1. The van der Waals surface area contributed by atoms with E-state index in [0.717, 1.165) is 17.7 Å². The number of benzene rings is 1. The molecule has 3 rings (SSSR count). The average Bonchev–Trinajstić information content (AvgIpc) is 3.10. The summed E-state index contributed by atoms with van der Waals surface area (Å²) in [5.41, 5.74) is 0.182. The first-order valence-corrected chi connectivity index (χ1v) is 7.88. The van der Waals surface area contributed by atoms with Crippen LogP contribution < -0.4 is 4.74 Å². The summed E-state index contributed by atoms with van der Waals surface area (Å²) >= 11 is 0. The number of amides is 1. The molecular weight excluding hydrogens is 346 g/mol. The Morgan fingerprint density at radius 3 is 2.50 bits per heavy atom. The number of aliphatic carboxylic acids is 1. The first-order chi connectivity index (χ1) is 12.4. The third kappa shape index (κ3) is 3.10. The van der Waals surface area contributed by atoms with Gasteiger partial charge in [-0.2, -0.15) is 0 Å². The third-order valence-electron chi connectivity index (χ3n) is 4.55. The molecule has 2 atom stereocenters. The summed E-state index contributed by atoms with van der Waals surface area (Å²) in [6.07, 6.45) is 3.07. The topological polar surface area (TPSA) is 79.7 Å². The molecule has 1 N–H and O–H groups in total. The number of methoxy groups -OCH3 is 1. The maximum Gasteiger partial charge on any atom is 0.308 e. The van der Waals surface area contributed by atoms with Gasteiger partial charge < -0.3 is 14.7 Å². The normalized spacial score (nSPS) is 19.4. The van der Waals surface area contributed by atoms with Gasteiger partial charge >= 0.3 is 5.97 Å². The first-order valence-electron chi connectivity index (χ1n) is 7.88. The predicted octanol–water partition coefficient (Wildman–Crippen LogP) is 2.31. The van der Waals surface area contributed by atoms with E-state index in [1.807, 2.05) is 0 Å². The molecule has 0 aliphatic carbocycles. The maximum atomic E-state index is 14.2. The summed E-state index contributed by atoms with van der Waals surface area (Å²) in [5.74, 6) is -5.78. The number of carboxylic acids is 1. The maximum absolute atomic E-state index is 14.2. The van der Waals surface area contributed by atoms with Gasteiger partial charge in [0.25, 0.3) is 5.91 Å². The second kappa shape index (κ2) is 7.07. The molecule has 1 aromatic carbocycles. The van der Waals surface area contributed by atoms with Crippen molar-refractivity contribution in [2.45, 2.75) is 5.92 Å². The Labute approximate surface area is 148 Å². The number of ether oxygens (including phenoxy) is 1. The predicted molar refractivity (Wildman–Crippen MR) is 86.9 cm³/mol. The number of carbonyl (C=O) groups is 2. The lowest BCUT2D eigenvalue weighted by Gasteiger charge is -2.18. The third-order valence-corrected chi connectivity index (χ3v) is 4.55. The number of nitrogens with zero attached hydrogens (tertiary/aromatic N) is 2. The Kier molecular flexibility index (Phi) is 4.83. The van der Waals surface area contributed by atoms with Crippen molar-refractivity contribution in [3.8, 4) is 5.75 Å². The molecule has 0 unspecified atom stereocenters. The largest absolute Gasteiger partial charge is 0.496 e. The van der Waals surface area contributed by atoms with Gasteiger partial charge in [-0.25, -0.2) is 8.78 Å². The molecule has 0 bridgehead atoms. The smallest absolute Gasteiger partial charge is 0.308 e. The van der Waals surface area contributed by atoms with Gasteiger partial charge in [0, 0.05) is 31.4 Å². The van der Waals surface area contributed by atoms with Gasteiger partial charge in [0.2, 0.25) is 0 Å². The van der Waals surface area contributed by atoms with Crippen LogP contribution >= 0.6 is 0 Å². The summed E-state index contributed by atoms with van der Waals surface area (Å²) in [6, 6.07) is 5.39. The summed E-state index contributed by atoms with van der Waals surface area (Å²) in [7, 11) is 1.24. The van der Waals surface area contributed by atoms with Crippen molar-refractivity contribution in [2.24, 2.45) is 5.92 Å². The number of aromatic nitrogens is 1. The number of rotatable bonds is 4. The van der Waals surface area contributed by atoms with Gasteiger partial charge in [-0.15, -0.1) is 0 Å². The lowest BCUT2D eigenvalue weighted by Crippen LogP contribution is -2.31. The highest BCUT2D eigenvalue weighted by atomic mass is 19.2. The Morgan fingerprint density at radius 1 is 1.19 bits per heavy atom. The van der Waals surface area contributed by atoms with E-state index >= 15 is 0 Å². The van der Waals surface area contributed by atoms with Crippen LogP contribution in [0.2, 0.25) is 0 Å². The number of pyridine rings is 1. The number of carbonyl (C=O) groups excluding carboxylic acids is 1. The van der Waals surface area contributed by atoms with Crippen LogP contribution in [0, 0.1) is 17.6 Å². The minimum absolute atomic E-state index is 0.0684. The summed E-state index contributed by atoms with van der Waals surface area (Å²) in [5, 5.41) is 9.50. The molecule has 1 saturated heterocycles. The van der Waals surface area contributed by atoms with Gasteiger partial charge in [-0.3, -0.25) is 14.6 Å². The highest BCUT2D eigenvalue weighted by Gasteiger charge is 2.42. The molecule has 0 saturated carbocycles. The quantitative estimate of drug-likeness (QED) is 0.903. The van der Waals surface area contributed by atoms with Crippen LogP contribution in [0.25, 0.3) is 0 Å². The van der Waals surface area contributed by atoms with Crippen molar-refractivity contribution in [1.29, 1.82) is 0 Å². The molecule has 1 fully saturated rings. The van der Waals surface area contributed by atoms with Crippen LogP contribution in [-0.4, -0.2) is 47.1 Å². The fraction of sp³-hybridized carbons (Fsp3) is 0.278. The van der Waals surface area contributed by atoms with Crippen LogP contribution in [0.3, 0.4) is 0 Å². The summed E-state index contributed by atoms with van der Waals surface area (Å²) < 4.78 is 32.8. The lowest BCUT2D eigenvalue weighted by atomic mass is 9.90. The fourth-order valence-corrected chi connectivity index (χ4v) is 3.23. The summed E-state index contributed by atoms with van der Waals surface area (Å²) in [4.78, 5) is 29.5. The molecule has 1 aliphatic rings. The van der Waals surface area contributed by atoms with E-state index in [9.17, 15) is 23.5 Å². The van der Waals surface area contributed by atoms with Crippen LogP contribution in [-0.2, 0) is 4.79 Å². The zero-order valence-corrected chi connectivity index (χ0v) is 13.9. The highest BCUT2D eigenvalue weighted by Crippen LogP contribution is 2.35. The number of carboxylic acid groups (broad SMARTS) is 1. The summed E-state index contributed by atoms with van der Waals surface area (Å²) in [6.45, 7) is -0.0425. The molecule has 0 radical (unpaired) electrons. The Hall–Kier alpha value is -3.03. The number of halogens is 2. The van der Waals surface area contributed by atoms with E-state index in [1.54, 1.807) is 12.1 Å². The molecule has 1 amide bonds. The second-order valence-electron chi connectivity index (χ2n) is 5.98. The monoisotopic (exact) mass is 362 g/mol. The average molecular weight is 362 g/mol. The van der Waals surface area contributed by atoms with Gasteiger partial charge in [-0.05, 0) is 29.8 Å². The molecule has 6 nitrogen and oxygen atoms in total. The van der Waals surface area contributed by atoms with Crippen molar-refractivity contribution in [3.05, 3.63) is 59.4 Å². The zero-order chi connectivity index (χ0) is 18.8. The van der Waals surface area contributed by atoms with Crippen molar-refractivity contribution < 1.29 is 28.2 Å². The van der Waals surface area contributed by atoms with Gasteiger partial charge in [-0.1, -0.05) is 0 Å². The van der Waals surface area contributed by atoms with E-state index in [0.29, 0.717) is 0 Å². The van der Waals surface area contributed by atoms with Crippen LogP contribution in [0.4, 0.5) is 8.78 Å². The molecule has 1 aromatic heterocycles. The molecular formula is C18H16F2N2O4. The van der Waals surface area contributed by atoms with Gasteiger partial charge in [0.15, 0.2) is 11.6 Å². The molecule has 136 valence electrons. The number of hydrogen-bond donors (Lipinski definition) is 1. The Morgan fingerprint density at radius 2 is 1.88 bits per heavy atom. The van der Waals surface area contributed by atoms with Gasteiger partial charge in [0.05, 0.1) is 13.0 Å². The van der Waals surface area contributed by atoms with Crippen molar-refractivity contribution in [1.82, 2.24) is 9.88 Å². The SMILES string of the molecule is COc1ccc(F)c(F)c1C(=O)N1C[C@H](C(=O)O)[C@@H](c2ccncc2)C1. The van der Waals surface area contributed by atoms with Crippen LogP contribution in [0.15, 0.2) is 36.7 Å². The number of hydrogen-bond acceptors (Lipinski definition) is 4. The highest BCUT2D eigenvalue weighted by molar-refractivity contribution is 5.98.